The summed E-state index contributed by atoms with van der Waals surface area (Å²) in [6, 6.07) is 14.7. The third-order valence-corrected chi connectivity index (χ3v) is 5.67. The van der Waals surface area contributed by atoms with Crippen LogP contribution < -0.4 is 15.4 Å². The van der Waals surface area contributed by atoms with Gasteiger partial charge < -0.3 is 15.4 Å². The number of amides is 2. The van der Waals surface area contributed by atoms with Crippen LogP contribution in [0.3, 0.4) is 0 Å². The molecule has 1 saturated heterocycles. The van der Waals surface area contributed by atoms with Gasteiger partial charge in [0.25, 0.3) is 0 Å². The van der Waals surface area contributed by atoms with Crippen molar-refractivity contribution >= 4 is 56.1 Å². The van der Waals surface area contributed by atoms with Gasteiger partial charge in [-0.05, 0) is 61.0 Å². The van der Waals surface area contributed by atoms with Crippen LogP contribution in [0.5, 0.6) is 5.75 Å². The molecule has 1 heterocycles. The molecule has 9 heteroatoms. The normalized spacial score (nSPS) is 18.3. The van der Waals surface area contributed by atoms with E-state index < -0.39 is 5.25 Å². The van der Waals surface area contributed by atoms with Crippen molar-refractivity contribution in [2.24, 2.45) is 10.2 Å². The summed E-state index contributed by atoms with van der Waals surface area (Å²) in [6.07, 6.45) is 0.0766. The van der Waals surface area contributed by atoms with Crippen molar-refractivity contribution in [2.45, 2.75) is 18.6 Å². The summed E-state index contributed by atoms with van der Waals surface area (Å²) in [5.74, 6) is 0.231. The number of thioether (sulfide) groups is 1. The molecule has 1 aliphatic rings. The van der Waals surface area contributed by atoms with Crippen molar-refractivity contribution in [1.82, 2.24) is 5.32 Å². The Morgan fingerprint density at radius 2 is 1.90 bits per heavy atom. The first-order valence-corrected chi connectivity index (χ1v) is 10.4. The maximum atomic E-state index is 12.5. The van der Waals surface area contributed by atoms with E-state index in [0.29, 0.717) is 16.6 Å². The Labute approximate surface area is 181 Å². The van der Waals surface area contributed by atoms with Gasteiger partial charge >= 0.3 is 0 Å². The van der Waals surface area contributed by atoms with Crippen LogP contribution in [0.4, 0.5) is 5.69 Å². The largest absolute Gasteiger partial charge is 0.497 e. The third-order valence-electron chi connectivity index (χ3n) is 4.07. The first-order valence-electron chi connectivity index (χ1n) is 8.74. The minimum absolute atomic E-state index is 0.0766. The monoisotopic (exact) mass is 474 g/mol. The Morgan fingerprint density at radius 1 is 1.21 bits per heavy atom. The summed E-state index contributed by atoms with van der Waals surface area (Å²) in [5, 5.41) is 13.5. The fourth-order valence-corrected chi connectivity index (χ4v) is 3.70. The van der Waals surface area contributed by atoms with Gasteiger partial charge in [-0.1, -0.05) is 27.7 Å². The van der Waals surface area contributed by atoms with Gasteiger partial charge in [0.05, 0.1) is 12.8 Å². The number of rotatable bonds is 5. The molecular formula is C20H19BrN4O3S. The predicted molar refractivity (Wildman–Crippen MR) is 120 cm³/mol. The van der Waals surface area contributed by atoms with Gasteiger partial charge in [-0.2, -0.15) is 5.10 Å². The number of nitrogens with zero attached hydrogens (tertiary/aromatic N) is 2. The van der Waals surface area contributed by atoms with Crippen molar-refractivity contribution in [2.75, 3.05) is 12.4 Å². The molecule has 29 heavy (non-hydrogen) atoms. The van der Waals surface area contributed by atoms with E-state index in [4.69, 9.17) is 4.74 Å². The molecule has 2 aromatic rings. The molecule has 7 nitrogen and oxygen atoms in total. The Kier molecular flexibility index (Phi) is 7.05. The molecule has 0 bridgehead atoms. The molecule has 0 spiro atoms. The summed E-state index contributed by atoms with van der Waals surface area (Å²) < 4.78 is 6.06. The van der Waals surface area contributed by atoms with Crippen LogP contribution in [0.15, 0.2) is 63.2 Å². The topological polar surface area (TPSA) is 92.2 Å². The second kappa shape index (κ2) is 9.71. The van der Waals surface area contributed by atoms with Crippen molar-refractivity contribution in [1.29, 1.82) is 0 Å². The van der Waals surface area contributed by atoms with E-state index in [2.05, 4.69) is 36.8 Å². The number of hydrogen-bond donors (Lipinski definition) is 2. The van der Waals surface area contributed by atoms with Gasteiger partial charge in [-0.15, -0.1) is 5.10 Å². The van der Waals surface area contributed by atoms with Gasteiger partial charge in [0.15, 0.2) is 5.17 Å². The minimum atomic E-state index is -0.581. The molecule has 1 aliphatic heterocycles. The average Bonchev–Trinajstić information content (AvgIpc) is 2.73. The predicted octanol–water partition coefficient (Wildman–Crippen LogP) is 3.80. The van der Waals surface area contributed by atoms with Gasteiger partial charge in [0, 0.05) is 16.6 Å². The molecule has 0 aliphatic carbocycles. The maximum absolute atomic E-state index is 12.5. The van der Waals surface area contributed by atoms with E-state index in [0.717, 1.165) is 15.8 Å². The zero-order valence-corrected chi connectivity index (χ0v) is 18.2. The highest BCUT2D eigenvalue weighted by Gasteiger charge is 2.30. The Balaban J connectivity index is 1.68. The summed E-state index contributed by atoms with van der Waals surface area (Å²) in [4.78, 5) is 24.6. The van der Waals surface area contributed by atoms with Crippen LogP contribution in [0.1, 0.15) is 18.9 Å². The number of amidine groups is 1. The standard InChI is InChI=1S/C20H19BrN4O3S/c1-12(13-3-9-16(28-2)10-4-13)24-25-20-23-18(26)11-17(29-20)19(27)22-15-7-5-14(21)6-8-15/h3-10,17H,11H2,1-2H3,(H,22,27)(H,23,25,26)/b24-12-/t17-/m1/s1. The van der Waals surface area contributed by atoms with Crippen molar-refractivity contribution in [3.63, 3.8) is 0 Å². The van der Waals surface area contributed by atoms with Crippen LogP contribution in [0, 0.1) is 0 Å². The number of carbonyl (C=O) groups excluding carboxylic acids is 2. The van der Waals surface area contributed by atoms with Gasteiger partial charge in [0.1, 0.15) is 11.0 Å². The Bertz CT molecular complexity index is 959. The van der Waals surface area contributed by atoms with E-state index >= 15 is 0 Å². The van der Waals surface area contributed by atoms with Gasteiger partial charge in [-0.3, -0.25) is 9.59 Å². The smallest absolute Gasteiger partial charge is 0.238 e. The lowest BCUT2D eigenvalue weighted by Crippen LogP contribution is -2.41. The van der Waals surface area contributed by atoms with Crippen LogP contribution in [-0.2, 0) is 9.59 Å². The Hall–Kier alpha value is -2.65. The molecule has 0 radical (unpaired) electrons. The molecule has 3 rings (SSSR count). The van der Waals surface area contributed by atoms with Gasteiger partial charge in [-0.25, -0.2) is 0 Å². The molecule has 1 atom stereocenters. The number of ether oxygens (including phenoxy) is 1. The number of methoxy groups -OCH3 is 1. The number of anilines is 1. The summed E-state index contributed by atoms with van der Waals surface area (Å²) >= 11 is 4.53. The van der Waals surface area contributed by atoms with E-state index in [1.807, 2.05) is 43.3 Å². The third kappa shape index (κ3) is 5.91. The second-order valence-electron chi connectivity index (χ2n) is 6.17. The van der Waals surface area contributed by atoms with Crippen LogP contribution in [-0.4, -0.2) is 35.1 Å². The van der Waals surface area contributed by atoms with E-state index in [1.165, 1.54) is 11.8 Å². The quantitative estimate of drug-likeness (QED) is 0.509. The van der Waals surface area contributed by atoms with E-state index in [9.17, 15) is 9.59 Å². The molecular weight excluding hydrogens is 456 g/mol. The zero-order chi connectivity index (χ0) is 20.8. The minimum Gasteiger partial charge on any atom is -0.497 e. The van der Waals surface area contributed by atoms with E-state index in [1.54, 1.807) is 19.2 Å². The SMILES string of the molecule is COc1ccc(/C(C)=N\N=C2/NC(=O)C[C@H](C(=O)Nc3ccc(Br)cc3)S2)cc1. The lowest BCUT2D eigenvalue weighted by atomic mass is 10.1. The van der Waals surface area contributed by atoms with Crippen molar-refractivity contribution in [3.8, 4) is 5.75 Å². The first-order chi connectivity index (χ1) is 13.9. The average molecular weight is 475 g/mol. The molecule has 2 aromatic carbocycles. The second-order valence-corrected chi connectivity index (χ2v) is 8.28. The highest BCUT2D eigenvalue weighted by atomic mass is 79.9. The number of halogens is 1. The van der Waals surface area contributed by atoms with Crippen molar-refractivity contribution in [3.05, 3.63) is 58.6 Å². The molecule has 1 fully saturated rings. The number of nitrogens with one attached hydrogen (secondary N) is 2. The molecule has 0 saturated carbocycles. The fourth-order valence-electron chi connectivity index (χ4n) is 2.51. The van der Waals surface area contributed by atoms with E-state index in [-0.39, 0.29) is 18.2 Å². The highest BCUT2D eigenvalue weighted by Crippen LogP contribution is 2.23. The van der Waals surface area contributed by atoms with Crippen LogP contribution in [0.2, 0.25) is 0 Å². The van der Waals surface area contributed by atoms with Crippen LogP contribution in [0.25, 0.3) is 0 Å². The number of benzene rings is 2. The maximum Gasteiger partial charge on any atom is 0.238 e. The number of hydrogen-bond acceptors (Lipinski definition) is 6. The molecule has 0 unspecified atom stereocenters. The lowest BCUT2D eigenvalue weighted by molar-refractivity contribution is -0.123. The zero-order valence-electron chi connectivity index (χ0n) is 15.8. The van der Waals surface area contributed by atoms with Crippen molar-refractivity contribution < 1.29 is 14.3 Å². The lowest BCUT2D eigenvalue weighted by Gasteiger charge is -2.21. The number of carbonyl (C=O) groups is 2. The summed E-state index contributed by atoms with van der Waals surface area (Å²) in [6.45, 7) is 1.82. The first kappa shape index (κ1) is 21.1. The molecule has 2 amide bonds. The van der Waals surface area contributed by atoms with Crippen LogP contribution >= 0.6 is 27.7 Å². The summed E-state index contributed by atoms with van der Waals surface area (Å²) in [7, 11) is 1.61. The molecule has 0 aromatic heterocycles. The fraction of sp³-hybridized carbons (Fsp3) is 0.200. The highest BCUT2D eigenvalue weighted by molar-refractivity contribution is 9.10. The van der Waals surface area contributed by atoms with Gasteiger partial charge in [0.2, 0.25) is 11.8 Å². The molecule has 2 N–H and O–H groups in total. The Morgan fingerprint density at radius 3 is 2.55 bits per heavy atom. The molecule has 150 valence electrons. The summed E-state index contributed by atoms with van der Waals surface area (Å²) in [5.41, 5.74) is 2.22.